The van der Waals surface area contributed by atoms with Crippen molar-refractivity contribution in [3.63, 3.8) is 0 Å². The van der Waals surface area contributed by atoms with Gasteiger partial charge in [-0.15, -0.1) is 0 Å². The lowest BCUT2D eigenvalue weighted by Crippen LogP contribution is -1.98. The summed E-state index contributed by atoms with van der Waals surface area (Å²) in [5.74, 6) is 0.700. The van der Waals surface area contributed by atoms with Crippen LogP contribution in [-0.2, 0) is 0 Å². The Balaban J connectivity index is 1.13. The van der Waals surface area contributed by atoms with E-state index in [0.717, 1.165) is 33.8 Å². The lowest BCUT2D eigenvalue weighted by Gasteiger charge is -2.14. The van der Waals surface area contributed by atoms with Crippen molar-refractivity contribution in [2.24, 2.45) is 0 Å². The molecule has 0 saturated carbocycles. The van der Waals surface area contributed by atoms with E-state index in [4.69, 9.17) is 9.97 Å². The number of aromatic nitrogens is 3. The Bertz CT molecular complexity index is 3210. The number of benzene rings is 9. The zero-order chi connectivity index (χ0) is 34.9. The number of nitrogens with zero attached hydrogens (tertiary/aromatic N) is 3. The van der Waals surface area contributed by atoms with E-state index in [1.54, 1.807) is 0 Å². The normalized spacial score (nSPS) is 11.8. The molecule has 0 aliphatic heterocycles. The third-order valence-electron chi connectivity index (χ3n) is 10.8. The molecule has 11 rings (SSSR count). The molecule has 246 valence electrons. The molecule has 2 heterocycles. The Morgan fingerprint density at radius 1 is 0.340 bits per heavy atom. The van der Waals surface area contributed by atoms with Crippen LogP contribution in [-0.4, -0.2) is 14.5 Å². The predicted octanol–water partition coefficient (Wildman–Crippen LogP) is 13.2. The van der Waals surface area contributed by atoms with E-state index < -0.39 is 0 Å². The van der Waals surface area contributed by atoms with Gasteiger partial charge in [-0.3, -0.25) is 0 Å². The van der Waals surface area contributed by atoms with Crippen molar-refractivity contribution in [1.82, 2.24) is 14.5 Å². The Labute approximate surface area is 306 Å². The fraction of sp³-hybridized carbons (Fsp3) is 0. The molecule has 0 aliphatic carbocycles. The van der Waals surface area contributed by atoms with E-state index in [9.17, 15) is 0 Å². The van der Waals surface area contributed by atoms with E-state index >= 15 is 0 Å². The van der Waals surface area contributed by atoms with Crippen LogP contribution in [0.5, 0.6) is 0 Å². The van der Waals surface area contributed by atoms with Crippen molar-refractivity contribution in [3.05, 3.63) is 188 Å². The minimum Gasteiger partial charge on any atom is -0.309 e. The van der Waals surface area contributed by atoms with Crippen LogP contribution < -0.4 is 0 Å². The SMILES string of the molecule is c1ccc(-c2cc(-c3ccc4ccccc4c3)nc(-c3ccc(-n4c5ccccc5c5c6c7ccccc7ccc6c6ccccc6c54)cc3)n2)cc1. The van der Waals surface area contributed by atoms with Crippen molar-refractivity contribution in [2.75, 3.05) is 0 Å². The maximum Gasteiger partial charge on any atom is 0.160 e. The smallest absolute Gasteiger partial charge is 0.160 e. The van der Waals surface area contributed by atoms with Gasteiger partial charge in [-0.2, -0.15) is 0 Å². The van der Waals surface area contributed by atoms with Crippen molar-refractivity contribution >= 4 is 64.9 Å². The van der Waals surface area contributed by atoms with Gasteiger partial charge in [0, 0.05) is 43.9 Å². The molecular weight excluding hydrogens is 643 g/mol. The van der Waals surface area contributed by atoms with Gasteiger partial charge in [0.2, 0.25) is 0 Å². The summed E-state index contributed by atoms with van der Waals surface area (Å²) in [6, 6.07) is 67.3. The van der Waals surface area contributed by atoms with E-state index in [2.05, 4.69) is 187 Å². The zero-order valence-corrected chi connectivity index (χ0v) is 28.7. The van der Waals surface area contributed by atoms with E-state index in [1.807, 2.05) is 6.07 Å². The van der Waals surface area contributed by atoms with Gasteiger partial charge < -0.3 is 4.57 Å². The summed E-state index contributed by atoms with van der Waals surface area (Å²) >= 11 is 0. The minimum absolute atomic E-state index is 0.700. The summed E-state index contributed by atoms with van der Waals surface area (Å²) in [4.78, 5) is 10.3. The first kappa shape index (κ1) is 29.6. The highest BCUT2D eigenvalue weighted by Crippen LogP contribution is 2.44. The Hall–Kier alpha value is -7.10. The molecule has 0 N–H and O–H groups in total. The highest BCUT2D eigenvalue weighted by atomic mass is 15.0. The topological polar surface area (TPSA) is 30.7 Å². The van der Waals surface area contributed by atoms with Crippen molar-refractivity contribution in [1.29, 1.82) is 0 Å². The summed E-state index contributed by atoms with van der Waals surface area (Å²) in [7, 11) is 0. The van der Waals surface area contributed by atoms with Crippen LogP contribution in [0.1, 0.15) is 0 Å². The van der Waals surface area contributed by atoms with Crippen molar-refractivity contribution < 1.29 is 0 Å². The quantitative estimate of drug-likeness (QED) is 0.174. The van der Waals surface area contributed by atoms with E-state index in [1.165, 1.54) is 64.9 Å². The van der Waals surface area contributed by atoms with Crippen LogP contribution in [0.4, 0.5) is 0 Å². The van der Waals surface area contributed by atoms with Crippen LogP contribution in [0.25, 0.3) is 104 Å². The molecule has 0 spiro atoms. The Morgan fingerprint density at radius 2 is 0.943 bits per heavy atom. The van der Waals surface area contributed by atoms with Crippen LogP contribution in [0.15, 0.2) is 188 Å². The fourth-order valence-corrected chi connectivity index (χ4v) is 8.30. The van der Waals surface area contributed by atoms with Gasteiger partial charge in [-0.25, -0.2) is 9.97 Å². The average molecular weight is 674 g/mol. The van der Waals surface area contributed by atoms with Crippen LogP contribution in [0.3, 0.4) is 0 Å². The first-order chi connectivity index (χ1) is 26.3. The molecule has 3 heteroatoms. The van der Waals surface area contributed by atoms with E-state index in [-0.39, 0.29) is 0 Å². The summed E-state index contributed by atoms with van der Waals surface area (Å²) in [6.45, 7) is 0. The first-order valence-corrected chi connectivity index (χ1v) is 18.1. The first-order valence-electron chi connectivity index (χ1n) is 18.1. The van der Waals surface area contributed by atoms with Gasteiger partial charge in [-0.05, 0) is 74.8 Å². The van der Waals surface area contributed by atoms with Gasteiger partial charge in [0.15, 0.2) is 5.82 Å². The fourth-order valence-electron chi connectivity index (χ4n) is 8.30. The second kappa shape index (κ2) is 11.7. The number of hydrogen-bond donors (Lipinski definition) is 0. The lowest BCUT2D eigenvalue weighted by atomic mass is 9.93. The van der Waals surface area contributed by atoms with Gasteiger partial charge in [-0.1, -0.05) is 146 Å². The molecule has 0 fully saturated rings. The lowest BCUT2D eigenvalue weighted by molar-refractivity contribution is 1.17. The second-order valence-corrected chi connectivity index (χ2v) is 13.8. The van der Waals surface area contributed by atoms with Crippen LogP contribution in [0, 0.1) is 0 Å². The molecule has 9 aromatic carbocycles. The molecule has 0 amide bonds. The highest BCUT2D eigenvalue weighted by Gasteiger charge is 2.20. The molecule has 0 aliphatic rings. The molecule has 0 atom stereocenters. The van der Waals surface area contributed by atoms with Crippen LogP contribution in [0.2, 0.25) is 0 Å². The number of para-hydroxylation sites is 1. The number of rotatable bonds is 4. The summed E-state index contributed by atoms with van der Waals surface area (Å²) < 4.78 is 2.44. The third-order valence-corrected chi connectivity index (χ3v) is 10.8. The largest absolute Gasteiger partial charge is 0.309 e. The maximum atomic E-state index is 5.18. The van der Waals surface area contributed by atoms with Crippen molar-refractivity contribution in [3.8, 4) is 39.6 Å². The summed E-state index contributed by atoms with van der Waals surface area (Å²) in [5, 5.41) is 12.5. The highest BCUT2D eigenvalue weighted by molar-refractivity contribution is 6.36. The van der Waals surface area contributed by atoms with Gasteiger partial charge >= 0.3 is 0 Å². The molecular formula is C50H31N3. The molecule has 0 bridgehead atoms. The molecule has 0 unspecified atom stereocenters. The van der Waals surface area contributed by atoms with E-state index in [0.29, 0.717) is 5.82 Å². The second-order valence-electron chi connectivity index (χ2n) is 13.8. The zero-order valence-electron chi connectivity index (χ0n) is 28.7. The summed E-state index contributed by atoms with van der Waals surface area (Å²) in [6.07, 6.45) is 0. The maximum absolute atomic E-state index is 5.18. The molecule has 11 aromatic rings. The molecule has 53 heavy (non-hydrogen) atoms. The number of hydrogen-bond acceptors (Lipinski definition) is 2. The third kappa shape index (κ3) is 4.68. The van der Waals surface area contributed by atoms with Gasteiger partial charge in [0.1, 0.15) is 0 Å². The predicted molar refractivity (Wildman–Crippen MR) is 223 cm³/mol. The minimum atomic E-state index is 0.700. The van der Waals surface area contributed by atoms with Gasteiger partial charge in [0.25, 0.3) is 0 Å². The molecule has 3 nitrogen and oxygen atoms in total. The van der Waals surface area contributed by atoms with Crippen LogP contribution >= 0.6 is 0 Å². The monoisotopic (exact) mass is 673 g/mol. The Morgan fingerprint density at radius 3 is 1.75 bits per heavy atom. The Kier molecular flexibility index (Phi) is 6.55. The van der Waals surface area contributed by atoms with Crippen molar-refractivity contribution in [2.45, 2.75) is 0 Å². The molecule has 0 radical (unpaired) electrons. The average Bonchev–Trinajstić information content (AvgIpc) is 3.59. The number of fused-ring (bicyclic) bond motifs is 11. The molecule has 0 saturated heterocycles. The van der Waals surface area contributed by atoms with Gasteiger partial charge in [0.05, 0.1) is 22.4 Å². The summed E-state index contributed by atoms with van der Waals surface area (Å²) in [5.41, 5.74) is 8.40. The standard InChI is InChI=1S/C50H31N3/c1-2-14-34(15-3-1)44-31-45(37-23-22-32-12-4-5-16-36(32)30-37)52-50(51-44)35-24-27-38(28-25-35)53-46-21-11-10-20-43(46)48-47-39-17-7-6-13-33(39)26-29-41(47)40-18-8-9-19-42(40)49(48)53/h1-31H. The molecule has 2 aromatic heterocycles.